The van der Waals surface area contributed by atoms with Gasteiger partial charge in [0.1, 0.15) is 17.1 Å². The summed E-state index contributed by atoms with van der Waals surface area (Å²) in [5.74, 6) is -1.05. The molecule has 0 aliphatic heterocycles. The third-order valence-electron chi connectivity index (χ3n) is 3.53. The van der Waals surface area contributed by atoms with Crippen LogP contribution in [0.25, 0.3) is 17.0 Å². The second-order valence-corrected chi connectivity index (χ2v) is 5.70. The number of fused-ring (bicyclic) bond motifs is 1. The molecule has 126 valence electrons. The predicted octanol–water partition coefficient (Wildman–Crippen LogP) is 4.51. The molecule has 0 fully saturated rings. The van der Waals surface area contributed by atoms with E-state index < -0.39 is 17.4 Å². The molecule has 0 N–H and O–H groups in total. The molecule has 0 aliphatic carbocycles. The maximum Gasteiger partial charge on any atom is 0.336 e. The number of benzene rings is 2. The minimum absolute atomic E-state index is 0.0984. The van der Waals surface area contributed by atoms with Crippen molar-refractivity contribution in [1.82, 2.24) is 0 Å². The van der Waals surface area contributed by atoms with E-state index in [2.05, 4.69) is 0 Å². The molecular formula is C19H12ClFO4. The van der Waals surface area contributed by atoms with Crippen molar-refractivity contribution >= 4 is 34.6 Å². The highest BCUT2D eigenvalue weighted by Gasteiger charge is 2.08. The number of halogens is 2. The maximum atomic E-state index is 13.6. The third kappa shape index (κ3) is 3.78. The zero-order valence-corrected chi connectivity index (χ0v) is 13.8. The smallest absolute Gasteiger partial charge is 0.336 e. The van der Waals surface area contributed by atoms with Crippen molar-refractivity contribution in [3.63, 3.8) is 0 Å². The minimum atomic E-state index is -0.714. The Morgan fingerprint density at radius 3 is 2.80 bits per heavy atom. The van der Waals surface area contributed by atoms with E-state index in [9.17, 15) is 14.0 Å². The number of hydrogen-bond donors (Lipinski definition) is 0. The van der Waals surface area contributed by atoms with E-state index in [4.69, 9.17) is 20.8 Å². The van der Waals surface area contributed by atoms with E-state index in [0.29, 0.717) is 5.58 Å². The van der Waals surface area contributed by atoms with E-state index >= 15 is 0 Å². The first kappa shape index (κ1) is 16.9. The molecule has 1 aromatic heterocycles. The van der Waals surface area contributed by atoms with Crippen molar-refractivity contribution in [2.75, 3.05) is 0 Å². The van der Waals surface area contributed by atoms with Crippen LogP contribution in [0.2, 0.25) is 5.02 Å². The monoisotopic (exact) mass is 358 g/mol. The Morgan fingerprint density at radius 1 is 1.24 bits per heavy atom. The maximum absolute atomic E-state index is 13.6. The number of aryl methyl sites for hydroxylation is 1. The van der Waals surface area contributed by atoms with Crippen LogP contribution in [0.1, 0.15) is 11.1 Å². The highest BCUT2D eigenvalue weighted by molar-refractivity contribution is 6.32. The summed E-state index contributed by atoms with van der Waals surface area (Å²) in [6.45, 7) is 1.78. The third-order valence-corrected chi connectivity index (χ3v) is 3.86. The Balaban J connectivity index is 1.82. The van der Waals surface area contributed by atoms with E-state index in [1.807, 2.05) is 0 Å². The van der Waals surface area contributed by atoms with E-state index in [1.165, 1.54) is 36.4 Å². The fourth-order valence-corrected chi connectivity index (χ4v) is 2.57. The summed E-state index contributed by atoms with van der Waals surface area (Å²) in [6, 6.07) is 10.3. The molecule has 3 rings (SSSR count). The molecule has 25 heavy (non-hydrogen) atoms. The summed E-state index contributed by atoms with van der Waals surface area (Å²) in [5, 5.41) is 0.931. The molecule has 1 heterocycles. The van der Waals surface area contributed by atoms with Gasteiger partial charge in [-0.05, 0) is 42.8 Å². The van der Waals surface area contributed by atoms with Crippen LogP contribution < -0.4 is 10.4 Å². The zero-order valence-electron chi connectivity index (χ0n) is 13.1. The van der Waals surface area contributed by atoms with E-state index in [1.54, 1.807) is 19.1 Å². The number of carbonyl (C=O) groups is 1. The minimum Gasteiger partial charge on any atom is -0.423 e. The SMILES string of the molecule is Cc1cc(=O)oc2cc(OC(=O)/C=C/c3c(F)cccc3Cl)ccc12. The van der Waals surface area contributed by atoms with Gasteiger partial charge in [0.2, 0.25) is 0 Å². The van der Waals surface area contributed by atoms with Gasteiger partial charge in [0, 0.05) is 29.2 Å². The lowest BCUT2D eigenvalue weighted by molar-refractivity contribution is -0.128. The first-order chi connectivity index (χ1) is 11.9. The van der Waals surface area contributed by atoms with Gasteiger partial charge in [0.15, 0.2) is 0 Å². The summed E-state index contributed by atoms with van der Waals surface area (Å²) in [4.78, 5) is 23.3. The second kappa shape index (κ2) is 6.91. The first-order valence-electron chi connectivity index (χ1n) is 7.32. The average molecular weight is 359 g/mol. The van der Waals surface area contributed by atoms with Crippen molar-refractivity contribution in [1.29, 1.82) is 0 Å². The van der Waals surface area contributed by atoms with E-state index in [0.717, 1.165) is 17.0 Å². The lowest BCUT2D eigenvalue weighted by atomic mass is 10.1. The van der Waals surface area contributed by atoms with Crippen LogP contribution in [0.3, 0.4) is 0 Å². The molecule has 0 spiro atoms. The van der Waals surface area contributed by atoms with Gasteiger partial charge >= 0.3 is 11.6 Å². The normalized spacial score (nSPS) is 11.2. The summed E-state index contributed by atoms with van der Waals surface area (Å²) >= 11 is 5.88. The highest BCUT2D eigenvalue weighted by atomic mass is 35.5. The number of hydrogen-bond acceptors (Lipinski definition) is 4. The quantitative estimate of drug-likeness (QED) is 0.299. The van der Waals surface area contributed by atoms with Crippen molar-refractivity contribution in [2.45, 2.75) is 6.92 Å². The summed E-state index contributed by atoms with van der Waals surface area (Å²) < 4.78 is 23.9. The molecule has 0 saturated heterocycles. The molecule has 0 amide bonds. The molecule has 4 nitrogen and oxygen atoms in total. The van der Waals surface area contributed by atoms with Gasteiger partial charge in [-0.1, -0.05) is 17.7 Å². The molecule has 0 bridgehead atoms. The van der Waals surface area contributed by atoms with Crippen LogP contribution in [0.15, 0.2) is 57.8 Å². The van der Waals surface area contributed by atoms with Gasteiger partial charge in [0.25, 0.3) is 0 Å². The standard InChI is InChI=1S/C19H12ClFO4/c1-11-9-19(23)25-17-10-12(5-6-13(11)17)24-18(22)8-7-14-15(20)3-2-4-16(14)21/h2-10H,1H3/b8-7+. The van der Waals surface area contributed by atoms with Crippen LogP contribution in [-0.2, 0) is 4.79 Å². The Bertz CT molecular complexity index is 1030. The molecule has 0 saturated carbocycles. The Kier molecular flexibility index (Phi) is 4.67. The lowest BCUT2D eigenvalue weighted by Gasteiger charge is -2.04. The van der Waals surface area contributed by atoms with Crippen LogP contribution in [0.4, 0.5) is 4.39 Å². The number of esters is 1. The molecule has 0 atom stereocenters. The first-order valence-corrected chi connectivity index (χ1v) is 7.70. The molecule has 3 aromatic rings. The summed E-state index contributed by atoms with van der Waals surface area (Å²) in [6.07, 6.45) is 2.31. The molecular weight excluding hydrogens is 347 g/mol. The summed E-state index contributed by atoms with van der Waals surface area (Å²) in [5.41, 5.74) is 0.693. The fraction of sp³-hybridized carbons (Fsp3) is 0.0526. The molecule has 0 radical (unpaired) electrons. The second-order valence-electron chi connectivity index (χ2n) is 5.30. The largest absolute Gasteiger partial charge is 0.423 e. The molecule has 2 aromatic carbocycles. The average Bonchev–Trinajstić information content (AvgIpc) is 2.53. The number of rotatable bonds is 3. The van der Waals surface area contributed by atoms with Crippen LogP contribution in [-0.4, -0.2) is 5.97 Å². The van der Waals surface area contributed by atoms with Crippen molar-refractivity contribution in [3.05, 3.63) is 80.9 Å². The predicted molar refractivity (Wildman–Crippen MR) is 93.3 cm³/mol. The van der Waals surface area contributed by atoms with Gasteiger partial charge in [-0.25, -0.2) is 14.0 Å². The zero-order chi connectivity index (χ0) is 18.0. The van der Waals surface area contributed by atoms with Gasteiger partial charge in [-0.15, -0.1) is 0 Å². The van der Waals surface area contributed by atoms with Gasteiger partial charge in [-0.3, -0.25) is 0 Å². The highest BCUT2D eigenvalue weighted by Crippen LogP contribution is 2.23. The molecule has 0 unspecified atom stereocenters. The molecule has 6 heteroatoms. The Labute approximate surface area is 147 Å². The van der Waals surface area contributed by atoms with Gasteiger partial charge in [0.05, 0.1) is 5.02 Å². The van der Waals surface area contributed by atoms with Crippen LogP contribution in [0, 0.1) is 12.7 Å². The van der Waals surface area contributed by atoms with Crippen molar-refractivity contribution in [2.24, 2.45) is 0 Å². The Hall–Kier alpha value is -2.92. The van der Waals surface area contributed by atoms with E-state index in [-0.39, 0.29) is 16.3 Å². The van der Waals surface area contributed by atoms with Crippen LogP contribution in [0.5, 0.6) is 5.75 Å². The Morgan fingerprint density at radius 2 is 2.04 bits per heavy atom. The fourth-order valence-electron chi connectivity index (χ4n) is 2.34. The number of carbonyl (C=O) groups excluding carboxylic acids is 1. The molecule has 0 aliphatic rings. The van der Waals surface area contributed by atoms with Crippen molar-refractivity contribution < 1.29 is 18.3 Å². The van der Waals surface area contributed by atoms with Gasteiger partial charge < -0.3 is 9.15 Å². The summed E-state index contributed by atoms with van der Waals surface area (Å²) in [7, 11) is 0. The van der Waals surface area contributed by atoms with Crippen LogP contribution >= 0.6 is 11.6 Å². The lowest BCUT2D eigenvalue weighted by Crippen LogP contribution is -2.04. The number of ether oxygens (including phenoxy) is 1. The topological polar surface area (TPSA) is 56.5 Å². The van der Waals surface area contributed by atoms with Crippen molar-refractivity contribution in [3.8, 4) is 5.75 Å². The van der Waals surface area contributed by atoms with Gasteiger partial charge in [-0.2, -0.15) is 0 Å².